The fourth-order valence-electron chi connectivity index (χ4n) is 1.99. The van der Waals surface area contributed by atoms with Gasteiger partial charge in [0.05, 0.1) is 0 Å². The molecule has 0 aromatic carbocycles. The van der Waals surface area contributed by atoms with Gasteiger partial charge >= 0.3 is 0 Å². The van der Waals surface area contributed by atoms with E-state index in [0.717, 1.165) is 43.9 Å². The third-order valence-corrected chi connectivity index (χ3v) is 2.86. The molecule has 1 atom stereocenters. The van der Waals surface area contributed by atoms with Gasteiger partial charge in [-0.15, -0.1) is 0 Å². The van der Waals surface area contributed by atoms with Crippen molar-refractivity contribution in [2.24, 2.45) is 0 Å². The van der Waals surface area contributed by atoms with E-state index >= 15 is 0 Å². The maximum Gasteiger partial charge on any atom is 0.251 e. The van der Waals surface area contributed by atoms with Crippen LogP contribution in [0.25, 0.3) is 0 Å². The lowest BCUT2D eigenvalue weighted by Crippen LogP contribution is -2.30. The second-order valence-electron chi connectivity index (χ2n) is 4.02. The molecule has 1 aliphatic rings. The molecule has 2 heterocycles. The molecular weight excluding hydrogens is 190 g/mol. The largest absolute Gasteiger partial charge is 0.316 e. The minimum absolute atomic E-state index is 0.0255. The number of aryl methyl sites for hydroxylation is 1. The van der Waals surface area contributed by atoms with E-state index in [1.165, 1.54) is 0 Å². The first-order valence-electron chi connectivity index (χ1n) is 5.60. The van der Waals surface area contributed by atoms with Gasteiger partial charge in [0.1, 0.15) is 5.82 Å². The normalized spacial score (nSPS) is 21.5. The standard InChI is InChI=1S/C11H17N3O/c1-2-9-6-10(15)14-11(13-9)8-4-3-5-12-7-8/h6,8,12H,2-5,7H2,1H3,(H,13,14,15). The molecule has 0 radical (unpaired) electrons. The van der Waals surface area contributed by atoms with Crippen LogP contribution in [-0.2, 0) is 6.42 Å². The lowest BCUT2D eigenvalue weighted by molar-refractivity contribution is 0.444. The third-order valence-electron chi connectivity index (χ3n) is 2.86. The van der Waals surface area contributed by atoms with Crippen molar-refractivity contribution in [3.05, 3.63) is 27.9 Å². The molecule has 1 aromatic rings. The minimum Gasteiger partial charge on any atom is -0.316 e. The predicted octanol–water partition coefficient (Wildman–Crippen LogP) is 0.799. The lowest BCUT2D eigenvalue weighted by Gasteiger charge is -2.21. The number of nitrogens with one attached hydrogen (secondary N) is 2. The number of aromatic amines is 1. The summed E-state index contributed by atoms with van der Waals surface area (Å²) in [7, 11) is 0. The molecule has 1 unspecified atom stereocenters. The van der Waals surface area contributed by atoms with Crippen molar-refractivity contribution in [2.75, 3.05) is 13.1 Å². The molecule has 15 heavy (non-hydrogen) atoms. The molecule has 0 amide bonds. The second-order valence-corrected chi connectivity index (χ2v) is 4.02. The molecule has 2 rings (SSSR count). The quantitative estimate of drug-likeness (QED) is 0.754. The second kappa shape index (κ2) is 4.57. The van der Waals surface area contributed by atoms with Gasteiger partial charge in [0.2, 0.25) is 0 Å². The highest BCUT2D eigenvalue weighted by Crippen LogP contribution is 2.18. The summed E-state index contributed by atoms with van der Waals surface area (Å²) in [5.74, 6) is 1.23. The fourth-order valence-corrected chi connectivity index (χ4v) is 1.99. The first-order chi connectivity index (χ1) is 7.29. The lowest BCUT2D eigenvalue weighted by atomic mass is 9.99. The Balaban J connectivity index is 2.26. The zero-order valence-corrected chi connectivity index (χ0v) is 9.05. The van der Waals surface area contributed by atoms with E-state index in [4.69, 9.17) is 0 Å². The molecular formula is C11H17N3O. The molecule has 0 bridgehead atoms. The Bertz CT molecular complexity index is 380. The highest BCUT2D eigenvalue weighted by Gasteiger charge is 2.17. The Labute approximate surface area is 89.1 Å². The molecule has 4 heteroatoms. The maximum atomic E-state index is 11.4. The topological polar surface area (TPSA) is 57.8 Å². The summed E-state index contributed by atoms with van der Waals surface area (Å²) in [6, 6.07) is 1.58. The highest BCUT2D eigenvalue weighted by atomic mass is 16.1. The molecule has 1 saturated heterocycles. The first-order valence-corrected chi connectivity index (χ1v) is 5.60. The summed E-state index contributed by atoms with van der Waals surface area (Å²) in [6.07, 6.45) is 3.09. The van der Waals surface area contributed by atoms with Crippen molar-refractivity contribution in [1.29, 1.82) is 0 Å². The molecule has 1 aliphatic heterocycles. The smallest absolute Gasteiger partial charge is 0.251 e. The van der Waals surface area contributed by atoms with Gasteiger partial charge in [-0.3, -0.25) is 4.79 Å². The average molecular weight is 207 g/mol. The third kappa shape index (κ3) is 2.45. The molecule has 82 valence electrons. The average Bonchev–Trinajstić information content (AvgIpc) is 2.29. The van der Waals surface area contributed by atoms with Gasteiger partial charge in [-0.2, -0.15) is 0 Å². The van der Waals surface area contributed by atoms with E-state index in [1.54, 1.807) is 6.07 Å². The van der Waals surface area contributed by atoms with Gasteiger partial charge in [0.25, 0.3) is 5.56 Å². The van der Waals surface area contributed by atoms with Crippen LogP contribution >= 0.6 is 0 Å². The Morgan fingerprint density at radius 1 is 1.60 bits per heavy atom. The monoisotopic (exact) mass is 207 g/mol. The summed E-state index contributed by atoms with van der Waals surface area (Å²) in [4.78, 5) is 18.7. The summed E-state index contributed by atoms with van der Waals surface area (Å²) in [5, 5.41) is 3.33. The van der Waals surface area contributed by atoms with E-state index in [9.17, 15) is 4.79 Å². The van der Waals surface area contributed by atoms with E-state index < -0.39 is 0 Å². The van der Waals surface area contributed by atoms with Crippen LogP contribution in [0.15, 0.2) is 10.9 Å². The Morgan fingerprint density at radius 3 is 3.13 bits per heavy atom. The molecule has 0 saturated carbocycles. The van der Waals surface area contributed by atoms with Crippen LogP contribution in [0.1, 0.15) is 37.2 Å². The first kappa shape index (κ1) is 10.4. The summed E-state index contributed by atoms with van der Waals surface area (Å²) >= 11 is 0. The van der Waals surface area contributed by atoms with Crippen LogP contribution in [0.2, 0.25) is 0 Å². The van der Waals surface area contributed by atoms with Crippen molar-refractivity contribution < 1.29 is 0 Å². The van der Waals surface area contributed by atoms with Crippen LogP contribution in [0.4, 0.5) is 0 Å². The van der Waals surface area contributed by atoms with Crippen LogP contribution < -0.4 is 10.9 Å². The van der Waals surface area contributed by atoms with Gasteiger partial charge in [-0.1, -0.05) is 6.92 Å². The fraction of sp³-hybridized carbons (Fsp3) is 0.636. The molecule has 0 spiro atoms. The van der Waals surface area contributed by atoms with E-state index in [1.807, 2.05) is 6.92 Å². The zero-order chi connectivity index (χ0) is 10.7. The Morgan fingerprint density at radius 2 is 2.47 bits per heavy atom. The van der Waals surface area contributed by atoms with Crippen molar-refractivity contribution in [3.63, 3.8) is 0 Å². The van der Waals surface area contributed by atoms with Gasteiger partial charge in [0.15, 0.2) is 0 Å². The number of aromatic nitrogens is 2. The van der Waals surface area contributed by atoms with Crippen molar-refractivity contribution >= 4 is 0 Å². The SMILES string of the molecule is CCc1cc(=O)[nH]c(C2CCCNC2)n1. The molecule has 1 aromatic heterocycles. The summed E-state index contributed by atoms with van der Waals surface area (Å²) in [6.45, 7) is 4.02. The predicted molar refractivity (Wildman–Crippen MR) is 59.1 cm³/mol. The number of rotatable bonds is 2. The maximum absolute atomic E-state index is 11.4. The molecule has 0 aliphatic carbocycles. The Hall–Kier alpha value is -1.16. The number of hydrogen-bond donors (Lipinski definition) is 2. The highest BCUT2D eigenvalue weighted by molar-refractivity contribution is 5.07. The minimum atomic E-state index is -0.0255. The molecule has 1 fully saturated rings. The number of nitrogens with zero attached hydrogens (tertiary/aromatic N) is 1. The van der Waals surface area contributed by atoms with Gasteiger partial charge in [-0.25, -0.2) is 4.98 Å². The van der Waals surface area contributed by atoms with Crippen LogP contribution in [0.5, 0.6) is 0 Å². The van der Waals surface area contributed by atoms with Gasteiger partial charge in [-0.05, 0) is 25.8 Å². The van der Waals surface area contributed by atoms with E-state index in [-0.39, 0.29) is 5.56 Å². The zero-order valence-electron chi connectivity index (χ0n) is 9.05. The number of H-pyrrole nitrogens is 1. The van der Waals surface area contributed by atoms with E-state index in [0.29, 0.717) is 5.92 Å². The molecule has 2 N–H and O–H groups in total. The van der Waals surface area contributed by atoms with Crippen molar-refractivity contribution in [2.45, 2.75) is 32.1 Å². The summed E-state index contributed by atoms with van der Waals surface area (Å²) in [5.41, 5.74) is 0.863. The summed E-state index contributed by atoms with van der Waals surface area (Å²) < 4.78 is 0. The van der Waals surface area contributed by atoms with Gasteiger partial charge in [0, 0.05) is 24.2 Å². The van der Waals surface area contributed by atoms with E-state index in [2.05, 4.69) is 15.3 Å². The number of hydrogen-bond acceptors (Lipinski definition) is 3. The van der Waals surface area contributed by atoms with Crippen LogP contribution in [0.3, 0.4) is 0 Å². The van der Waals surface area contributed by atoms with Crippen LogP contribution in [-0.4, -0.2) is 23.1 Å². The van der Waals surface area contributed by atoms with Gasteiger partial charge < -0.3 is 10.3 Å². The molecule has 4 nitrogen and oxygen atoms in total. The Kier molecular flexibility index (Phi) is 3.16. The van der Waals surface area contributed by atoms with Crippen molar-refractivity contribution in [1.82, 2.24) is 15.3 Å². The number of piperidine rings is 1. The van der Waals surface area contributed by atoms with Crippen LogP contribution in [0, 0.1) is 0 Å². The van der Waals surface area contributed by atoms with Crippen molar-refractivity contribution in [3.8, 4) is 0 Å².